The van der Waals surface area contributed by atoms with Crippen molar-refractivity contribution in [3.05, 3.63) is 272 Å². The largest absolute Gasteiger partial charge is 0.311 e. The number of rotatable bonds is 11. The van der Waals surface area contributed by atoms with E-state index in [1.54, 1.807) is 11.3 Å². The fourth-order valence-corrected chi connectivity index (χ4v) is 10.7. The topological polar surface area (TPSA) is 31.7 Å². The molecule has 2 heterocycles. The van der Waals surface area contributed by atoms with E-state index in [9.17, 15) is 0 Å². The number of benzene rings is 10. The van der Waals surface area contributed by atoms with Crippen LogP contribution in [-0.2, 0) is 0 Å². The van der Waals surface area contributed by atoms with Gasteiger partial charge in [-0.15, -0.1) is 11.3 Å². The van der Waals surface area contributed by atoms with Gasteiger partial charge in [-0.3, -0.25) is 4.99 Å². The molecule has 10 aromatic carbocycles. The average molecular weight is 913 g/mol. The summed E-state index contributed by atoms with van der Waals surface area (Å²) in [7, 11) is 0. The van der Waals surface area contributed by atoms with Crippen LogP contribution in [0.5, 0.6) is 0 Å². The number of nitrogens with zero attached hydrogens (tertiary/aromatic N) is 4. The SMILES string of the molecule is C1=C2c3ccccc3N=C(c3ccc(N(c4ccccc4)c4ccc(-c5ccc(-c6ccc(-c7ccc(N(c8ccccc8)c8ccc(-c9nc%10ccccc%10s9)cc8)cc7)cc6)cc5)cc4)cc3)C12. The number of aromatic nitrogens is 1. The zero-order valence-electron chi connectivity index (χ0n) is 38.1. The summed E-state index contributed by atoms with van der Waals surface area (Å²) >= 11 is 1.73. The lowest BCUT2D eigenvalue weighted by Gasteiger charge is -2.26. The summed E-state index contributed by atoms with van der Waals surface area (Å²) < 4.78 is 1.20. The number of allylic oxidation sites excluding steroid dienone is 2. The molecule has 1 aromatic heterocycles. The zero-order valence-corrected chi connectivity index (χ0v) is 38.9. The Kier molecular flexibility index (Phi) is 10.4. The molecule has 13 rings (SSSR count). The third-order valence-electron chi connectivity index (χ3n) is 13.5. The molecule has 0 saturated heterocycles. The van der Waals surface area contributed by atoms with E-state index in [-0.39, 0.29) is 0 Å². The van der Waals surface area contributed by atoms with E-state index in [2.05, 4.69) is 265 Å². The second-order valence-corrected chi connectivity index (χ2v) is 18.8. The number of para-hydroxylation sites is 4. The Labute approximate surface area is 412 Å². The second-order valence-electron chi connectivity index (χ2n) is 17.8. The van der Waals surface area contributed by atoms with E-state index in [1.807, 2.05) is 6.07 Å². The quantitative estimate of drug-likeness (QED) is 0.130. The maximum Gasteiger partial charge on any atom is 0.124 e. The molecule has 1 atom stereocenters. The van der Waals surface area contributed by atoms with Gasteiger partial charge in [0.25, 0.3) is 0 Å². The highest BCUT2D eigenvalue weighted by molar-refractivity contribution is 7.21. The summed E-state index contributed by atoms with van der Waals surface area (Å²) in [6.07, 6.45) is 2.33. The van der Waals surface area contributed by atoms with Gasteiger partial charge in [0.15, 0.2) is 0 Å². The molecular weight excluding hydrogens is 869 g/mol. The molecule has 2 aliphatic rings. The van der Waals surface area contributed by atoms with Crippen molar-refractivity contribution in [1.29, 1.82) is 0 Å². The monoisotopic (exact) mass is 912 g/mol. The van der Waals surface area contributed by atoms with Crippen molar-refractivity contribution in [1.82, 2.24) is 4.98 Å². The lowest BCUT2D eigenvalue weighted by molar-refractivity contribution is 1.25. The summed E-state index contributed by atoms with van der Waals surface area (Å²) in [5, 5.41) is 1.03. The molecule has 1 aliphatic carbocycles. The van der Waals surface area contributed by atoms with E-state index < -0.39 is 0 Å². The predicted molar refractivity (Wildman–Crippen MR) is 295 cm³/mol. The molecule has 11 aromatic rings. The van der Waals surface area contributed by atoms with Crippen LogP contribution >= 0.6 is 11.3 Å². The predicted octanol–water partition coefficient (Wildman–Crippen LogP) is 18.1. The first-order valence-electron chi connectivity index (χ1n) is 23.7. The molecular formula is C65H44N4S. The fraction of sp³-hybridized carbons (Fsp3) is 0.0154. The summed E-state index contributed by atoms with van der Waals surface area (Å²) in [4.78, 5) is 14.6. The number of thiazole rings is 1. The Morgan fingerprint density at radius 3 is 1.17 bits per heavy atom. The Bertz CT molecular complexity index is 3680. The maximum absolute atomic E-state index is 5.09. The van der Waals surface area contributed by atoms with Crippen LogP contribution in [0.2, 0.25) is 0 Å². The van der Waals surface area contributed by atoms with Crippen molar-refractivity contribution in [2.75, 3.05) is 9.80 Å². The van der Waals surface area contributed by atoms with E-state index in [1.165, 1.54) is 49.2 Å². The molecule has 1 aliphatic heterocycles. The lowest BCUT2D eigenvalue weighted by atomic mass is 9.96. The molecule has 0 spiro atoms. The van der Waals surface area contributed by atoms with Crippen LogP contribution in [0, 0.1) is 5.92 Å². The van der Waals surface area contributed by atoms with Gasteiger partial charge in [0, 0.05) is 51.2 Å². The van der Waals surface area contributed by atoms with E-state index in [0.717, 1.165) is 67.2 Å². The van der Waals surface area contributed by atoms with Crippen LogP contribution in [0.15, 0.2) is 266 Å². The first-order chi connectivity index (χ1) is 34.7. The highest BCUT2D eigenvalue weighted by Crippen LogP contribution is 2.49. The van der Waals surface area contributed by atoms with Gasteiger partial charge in [-0.2, -0.15) is 0 Å². The van der Waals surface area contributed by atoms with Gasteiger partial charge < -0.3 is 9.80 Å². The van der Waals surface area contributed by atoms with Crippen LogP contribution in [0.25, 0.3) is 59.7 Å². The highest BCUT2D eigenvalue weighted by Gasteiger charge is 2.36. The van der Waals surface area contributed by atoms with Crippen molar-refractivity contribution < 1.29 is 0 Å². The summed E-state index contributed by atoms with van der Waals surface area (Å²) in [5.41, 5.74) is 21.9. The van der Waals surface area contributed by atoms with Crippen molar-refractivity contribution >= 4 is 72.6 Å². The van der Waals surface area contributed by atoms with E-state index >= 15 is 0 Å². The van der Waals surface area contributed by atoms with Crippen molar-refractivity contribution in [2.45, 2.75) is 0 Å². The summed E-state index contributed by atoms with van der Waals surface area (Å²) in [5.74, 6) is 0.315. The average Bonchev–Trinajstić information content (AvgIpc) is 4.13. The molecule has 4 nitrogen and oxygen atoms in total. The second kappa shape index (κ2) is 17.6. The molecule has 0 N–H and O–H groups in total. The number of hydrogen-bond donors (Lipinski definition) is 0. The Balaban J connectivity index is 0.705. The minimum absolute atomic E-state index is 0.315. The highest BCUT2D eigenvalue weighted by atomic mass is 32.1. The van der Waals surface area contributed by atoms with Crippen molar-refractivity contribution in [2.24, 2.45) is 10.9 Å². The third-order valence-corrected chi connectivity index (χ3v) is 14.5. The number of anilines is 6. The molecule has 0 radical (unpaired) electrons. The van der Waals surface area contributed by atoms with E-state index in [0.29, 0.717) is 5.92 Å². The molecule has 0 amide bonds. The molecule has 330 valence electrons. The number of hydrogen-bond acceptors (Lipinski definition) is 5. The van der Waals surface area contributed by atoms with Gasteiger partial charge in [0.05, 0.1) is 21.6 Å². The van der Waals surface area contributed by atoms with Gasteiger partial charge in [-0.1, -0.05) is 158 Å². The standard InChI is InChI=1S/C65H44N4S/c1-3-11-52(12-4-1)68(56-39-31-50(32-40-56)64-60-43-59(60)58-15-7-8-16-61(58)66-64)54-35-27-48(28-36-54)46-23-19-44(20-24-46)45-21-25-47(26-22-45)49-29-37-55(38-30-49)69(53-13-5-2-6-14-53)57-41-33-51(34-42-57)65-67-62-17-9-10-18-63(62)70-65/h1-43,60H. The van der Waals surface area contributed by atoms with Gasteiger partial charge in [0.1, 0.15) is 5.01 Å². The Morgan fingerprint density at radius 1 is 0.329 bits per heavy atom. The van der Waals surface area contributed by atoms with Crippen LogP contribution < -0.4 is 9.80 Å². The van der Waals surface area contributed by atoms with Crippen LogP contribution in [0.3, 0.4) is 0 Å². The van der Waals surface area contributed by atoms with Crippen LogP contribution in [-0.4, -0.2) is 10.7 Å². The summed E-state index contributed by atoms with van der Waals surface area (Å²) in [6.45, 7) is 0. The smallest absolute Gasteiger partial charge is 0.124 e. The zero-order chi connectivity index (χ0) is 46.4. The van der Waals surface area contributed by atoms with Gasteiger partial charge in [-0.05, 0) is 148 Å². The van der Waals surface area contributed by atoms with Gasteiger partial charge in [0.2, 0.25) is 0 Å². The third kappa shape index (κ3) is 7.88. The molecule has 70 heavy (non-hydrogen) atoms. The minimum Gasteiger partial charge on any atom is -0.311 e. The van der Waals surface area contributed by atoms with Crippen LogP contribution in [0.1, 0.15) is 11.1 Å². The van der Waals surface area contributed by atoms with Crippen molar-refractivity contribution in [3.63, 3.8) is 0 Å². The molecule has 0 fully saturated rings. The van der Waals surface area contributed by atoms with Gasteiger partial charge in [-0.25, -0.2) is 4.98 Å². The summed E-state index contributed by atoms with van der Waals surface area (Å²) in [6, 6.07) is 91.1. The van der Waals surface area contributed by atoms with Gasteiger partial charge >= 0.3 is 0 Å². The Morgan fingerprint density at radius 2 is 0.700 bits per heavy atom. The minimum atomic E-state index is 0.315. The first kappa shape index (κ1) is 41.3. The molecule has 1 unspecified atom stereocenters. The fourth-order valence-electron chi connectivity index (χ4n) is 9.77. The Hall–Kier alpha value is -8.90. The molecule has 0 saturated carbocycles. The molecule has 5 heteroatoms. The molecule has 0 bridgehead atoms. The maximum atomic E-state index is 5.09. The van der Waals surface area contributed by atoms with E-state index in [4.69, 9.17) is 9.98 Å². The number of fused-ring (bicyclic) bond motifs is 4. The first-order valence-corrected chi connectivity index (χ1v) is 24.6. The number of aliphatic imine (C=N–C) groups is 1. The van der Waals surface area contributed by atoms with Crippen LogP contribution in [0.4, 0.5) is 39.8 Å². The normalized spacial score (nSPS) is 13.5. The lowest BCUT2D eigenvalue weighted by Crippen LogP contribution is -2.12. The van der Waals surface area contributed by atoms with Crippen molar-refractivity contribution in [3.8, 4) is 44.0 Å².